The number of hydrogen-bond donors (Lipinski definition) is 3. The summed E-state index contributed by atoms with van der Waals surface area (Å²) < 4.78 is 53.3. The van der Waals surface area contributed by atoms with Crippen molar-refractivity contribution in [3.63, 3.8) is 0 Å². The lowest BCUT2D eigenvalue weighted by molar-refractivity contribution is -0.137. The van der Waals surface area contributed by atoms with E-state index < -0.39 is 23.6 Å². The van der Waals surface area contributed by atoms with Gasteiger partial charge in [0.2, 0.25) is 5.91 Å². The van der Waals surface area contributed by atoms with E-state index in [0.717, 1.165) is 31.3 Å². The van der Waals surface area contributed by atoms with E-state index in [2.05, 4.69) is 30.6 Å². The Kier molecular flexibility index (Phi) is 4.81. The molecule has 3 aromatic heterocycles. The summed E-state index contributed by atoms with van der Waals surface area (Å²) in [5.41, 5.74) is -0.452. The van der Waals surface area contributed by atoms with E-state index in [1.807, 2.05) is 0 Å². The van der Waals surface area contributed by atoms with Gasteiger partial charge in [-0.05, 0) is 25.3 Å². The van der Waals surface area contributed by atoms with Crippen molar-refractivity contribution in [2.45, 2.75) is 31.5 Å². The fourth-order valence-electron chi connectivity index (χ4n) is 3.18. The molecule has 7 nitrogen and oxygen atoms in total. The van der Waals surface area contributed by atoms with Gasteiger partial charge in [-0.2, -0.15) is 13.2 Å². The number of carbonyl (C=O) groups is 1. The summed E-state index contributed by atoms with van der Waals surface area (Å²) in [5.74, 6) is -1.20. The molecule has 0 aromatic carbocycles. The highest BCUT2D eigenvalue weighted by atomic mass is 19.4. The molecule has 0 radical (unpaired) electrons. The molecular weight excluding hydrogens is 392 g/mol. The summed E-state index contributed by atoms with van der Waals surface area (Å²) in [4.78, 5) is 26.6. The highest BCUT2D eigenvalue weighted by molar-refractivity contribution is 5.92. The van der Waals surface area contributed by atoms with Gasteiger partial charge in [0.05, 0.1) is 11.8 Å². The minimum absolute atomic E-state index is 0.00954. The average molecular weight is 408 g/mol. The second-order valence-corrected chi connectivity index (χ2v) is 6.69. The highest BCUT2D eigenvalue weighted by Crippen LogP contribution is 2.33. The third kappa shape index (κ3) is 3.84. The Labute approximate surface area is 162 Å². The van der Waals surface area contributed by atoms with Crippen LogP contribution in [-0.2, 0) is 11.0 Å². The summed E-state index contributed by atoms with van der Waals surface area (Å²) >= 11 is 0. The van der Waals surface area contributed by atoms with Crippen molar-refractivity contribution in [2.24, 2.45) is 0 Å². The van der Waals surface area contributed by atoms with Crippen LogP contribution in [0.15, 0.2) is 24.7 Å². The molecule has 29 heavy (non-hydrogen) atoms. The molecule has 3 N–H and O–H groups in total. The largest absolute Gasteiger partial charge is 0.417 e. The fraction of sp³-hybridized carbons (Fsp3) is 0.333. The first-order valence-electron chi connectivity index (χ1n) is 8.94. The topological polar surface area (TPSA) is 95.6 Å². The van der Waals surface area contributed by atoms with Crippen LogP contribution < -0.4 is 10.6 Å². The molecule has 0 saturated carbocycles. The van der Waals surface area contributed by atoms with E-state index in [1.54, 1.807) is 0 Å². The third-order valence-electron chi connectivity index (χ3n) is 4.69. The van der Waals surface area contributed by atoms with E-state index in [-0.39, 0.29) is 34.1 Å². The number of alkyl halides is 3. The number of nitrogens with zero attached hydrogens (tertiary/aromatic N) is 3. The fourth-order valence-corrected chi connectivity index (χ4v) is 3.18. The van der Waals surface area contributed by atoms with Gasteiger partial charge in [0.15, 0.2) is 17.5 Å². The zero-order valence-electron chi connectivity index (χ0n) is 15.0. The Morgan fingerprint density at radius 2 is 2.00 bits per heavy atom. The van der Waals surface area contributed by atoms with Crippen molar-refractivity contribution in [2.75, 3.05) is 11.9 Å². The van der Waals surface area contributed by atoms with Crippen molar-refractivity contribution in [3.05, 3.63) is 36.0 Å². The lowest BCUT2D eigenvalue weighted by atomic mass is 10.1. The van der Waals surface area contributed by atoms with Crippen LogP contribution in [-0.4, -0.2) is 38.4 Å². The number of nitrogens with one attached hydrogen (secondary N) is 3. The van der Waals surface area contributed by atoms with Crippen molar-refractivity contribution in [1.82, 2.24) is 25.3 Å². The number of hydrogen-bond acceptors (Lipinski definition) is 5. The van der Waals surface area contributed by atoms with Gasteiger partial charge in [0.1, 0.15) is 11.7 Å². The highest BCUT2D eigenvalue weighted by Gasteiger charge is 2.31. The first-order valence-corrected chi connectivity index (χ1v) is 8.94. The molecule has 1 aliphatic heterocycles. The molecule has 0 aliphatic carbocycles. The number of anilines is 1. The number of aromatic nitrogens is 4. The number of rotatable bonds is 3. The summed E-state index contributed by atoms with van der Waals surface area (Å²) in [6.07, 6.45) is 0.614. The Morgan fingerprint density at radius 3 is 2.79 bits per heavy atom. The predicted octanol–water partition coefficient (Wildman–Crippen LogP) is 3.26. The van der Waals surface area contributed by atoms with Crippen molar-refractivity contribution in [3.8, 4) is 11.4 Å². The Bertz CT molecular complexity index is 1060. The molecule has 4 rings (SSSR count). The molecule has 0 unspecified atom stereocenters. The second kappa shape index (κ2) is 7.30. The minimum Gasteiger partial charge on any atom is -0.356 e. The normalized spacial score (nSPS) is 17.8. The standard InChI is InChI=1S/C18H16F4N6O/c19-12-8-26-15(28-16(12)27-13-3-1-2-4-23-17(13)29)11-7-25-14-10(11)5-9(6-24-14)18(20,21)22/h5-8,13H,1-4H2,(H,23,29)(H,24,25)(H,26,27,28)/t13-/m0/s1. The van der Waals surface area contributed by atoms with Crippen LogP contribution in [0, 0.1) is 5.82 Å². The summed E-state index contributed by atoms with van der Waals surface area (Å²) in [6, 6.07) is 0.281. The van der Waals surface area contributed by atoms with Crippen molar-refractivity contribution < 1.29 is 22.4 Å². The quantitative estimate of drug-likeness (QED) is 0.579. The number of aromatic amines is 1. The van der Waals surface area contributed by atoms with Gasteiger partial charge in [-0.15, -0.1) is 0 Å². The van der Waals surface area contributed by atoms with Gasteiger partial charge in [-0.1, -0.05) is 0 Å². The van der Waals surface area contributed by atoms with Crippen LogP contribution in [0.3, 0.4) is 0 Å². The third-order valence-corrected chi connectivity index (χ3v) is 4.69. The molecule has 11 heteroatoms. The molecule has 4 heterocycles. The molecule has 1 atom stereocenters. The number of halogens is 4. The first kappa shape index (κ1) is 19.1. The maximum atomic E-state index is 14.2. The first-order chi connectivity index (χ1) is 13.8. The summed E-state index contributed by atoms with van der Waals surface area (Å²) in [6.45, 7) is 0.554. The maximum absolute atomic E-state index is 14.2. The maximum Gasteiger partial charge on any atom is 0.417 e. The second-order valence-electron chi connectivity index (χ2n) is 6.69. The molecular formula is C18H16F4N6O. The zero-order chi connectivity index (χ0) is 20.6. The van der Waals surface area contributed by atoms with Crippen molar-refractivity contribution >= 4 is 22.8 Å². The molecule has 0 bridgehead atoms. The Hall–Kier alpha value is -3.24. The van der Waals surface area contributed by atoms with Crippen LogP contribution >= 0.6 is 0 Å². The van der Waals surface area contributed by atoms with E-state index in [9.17, 15) is 22.4 Å². The molecule has 1 aliphatic rings. The molecule has 0 spiro atoms. The molecule has 3 aromatic rings. The number of fused-ring (bicyclic) bond motifs is 1. The van der Waals surface area contributed by atoms with Gasteiger partial charge < -0.3 is 15.6 Å². The SMILES string of the molecule is O=C1NCCCC[C@@H]1Nc1nc(-c2c[nH]c3ncc(C(F)(F)F)cc23)ncc1F. The van der Waals surface area contributed by atoms with Gasteiger partial charge in [-0.25, -0.2) is 19.3 Å². The average Bonchev–Trinajstić information content (AvgIpc) is 3.00. The van der Waals surface area contributed by atoms with Crippen LogP contribution in [0.1, 0.15) is 24.8 Å². The lowest BCUT2D eigenvalue weighted by Gasteiger charge is -2.16. The lowest BCUT2D eigenvalue weighted by Crippen LogP contribution is -2.38. The molecule has 1 amide bonds. The minimum atomic E-state index is -4.56. The number of pyridine rings is 1. The number of H-pyrrole nitrogens is 1. The zero-order valence-corrected chi connectivity index (χ0v) is 15.0. The monoisotopic (exact) mass is 408 g/mol. The van der Waals surface area contributed by atoms with Gasteiger partial charge in [0.25, 0.3) is 0 Å². The van der Waals surface area contributed by atoms with E-state index in [0.29, 0.717) is 13.0 Å². The predicted molar refractivity (Wildman–Crippen MR) is 96.4 cm³/mol. The number of carbonyl (C=O) groups excluding carboxylic acids is 1. The van der Waals surface area contributed by atoms with E-state index in [1.165, 1.54) is 6.20 Å². The van der Waals surface area contributed by atoms with Crippen molar-refractivity contribution in [1.29, 1.82) is 0 Å². The van der Waals surface area contributed by atoms with E-state index >= 15 is 0 Å². The van der Waals surface area contributed by atoms with Gasteiger partial charge in [0, 0.05) is 29.9 Å². The van der Waals surface area contributed by atoms with Gasteiger partial charge >= 0.3 is 6.18 Å². The summed E-state index contributed by atoms with van der Waals surface area (Å²) in [7, 11) is 0. The van der Waals surface area contributed by atoms with Crippen LogP contribution in [0.2, 0.25) is 0 Å². The molecule has 1 saturated heterocycles. The van der Waals surface area contributed by atoms with Crippen LogP contribution in [0.4, 0.5) is 23.4 Å². The van der Waals surface area contributed by atoms with Crippen LogP contribution in [0.25, 0.3) is 22.4 Å². The smallest absolute Gasteiger partial charge is 0.356 e. The van der Waals surface area contributed by atoms with E-state index in [4.69, 9.17) is 0 Å². The number of amides is 1. The van der Waals surface area contributed by atoms with Crippen LogP contribution in [0.5, 0.6) is 0 Å². The summed E-state index contributed by atoms with van der Waals surface area (Å²) in [5, 5.41) is 5.67. The molecule has 152 valence electrons. The molecule has 1 fully saturated rings. The Morgan fingerprint density at radius 1 is 1.17 bits per heavy atom. The Balaban J connectivity index is 1.71. The van der Waals surface area contributed by atoms with Gasteiger partial charge in [-0.3, -0.25) is 4.79 Å².